The molecule has 0 atom stereocenters. The molecule has 0 bridgehead atoms. The highest BCUT2D eigenvalue weighted by Gasteiger charge is 2.47. The number of sulfonamides is 1. The van der Waals surface area contributed by atoms with Gasteiger partial charge in [0.25, 0.3) is 5.91 Å². The number of aromatic nitrogens is 1. The van der Waals surface area contributed by atoms with E-state index in [0.29, 0.717) is 12.1 Å². The second kappa shape index (κ2) is 13.6. The van der Waals surface area contributed by atoms with E-state index in [1.807, 2.05) is 60.8 Å². The number of anilines is 1. The topological polar surface area (TPSA) is 107 Å². The summed E-state index contributed by atoms with van der Waals surface area (Å²) in [4.78, 5) is 25.0. The number of nitrogens with one attached hydrogen (secondary N) is 2. The molecule has 1 aromatic heterocycles. The van der Waals surface area contributed by atoms with Gasteiger partial charge in [-0.25, -0.2) is 9.52 Å². The standard InChI is InChI=1S/C36H32F3N3O5S/c37-36(38,39)48(45,46)41-34(43)27-17-15-24(16-18-27)21-28-23-42(33(25-9-3-1-4-10-25)26-11-5-2-6-12-26)32-20-19-29(22-31(28)32)40-35(44)47-30-13-7-8-14-30/h1-6,9-12,15-20,22-23,30,33H,7-8,13-14,21H2,(H,40,44)(H,41,43). The van der Waals surface area contributed by atoms with Crippen LogP contribution >= 0.6 is 0 Å². The summed E-state index contributed by atoms with van der Waals surface area (Å²) < 4.78 is 70.0. The average molecular weight is 676 g/mol. The van der Waals surface area contributed by atoms with E-state index in [4.69, 9.17) is 4.74 Å². The zero-order valence-corrected chi connectivity index (χ0v) is 26.4. The van der Waals surface area contributed by atoms with E-state index in [0.717, 1.165) is 63.6 Å². The molecule has 0 saturated heterocycles. The van der Waals surface area contributed by atoms with Crippen molar-refractivity contribution in [3.05, 3.63) is 137 Å². The summed E-state index contributed by atoms with van der Waals surface area (Å²) in [6.07, 6.45) is 5.53. The van der Waals surface area contributed by atoms with Crippen LogP contribution in [0.25, 0.3) is 10.9 Å². The molecule has 8 nitrogen and oxygen atoms in total. The van der Waals surface area contributed by atoms with Crippen LogP contribution in [0.2, 0.25) is 0 Å². The Morgan fingerprint density at radius 2 is 1.46 bits per heavy atom. The molecule has 1 aliphatic carbocycles. The maximum atomic E-state index is 12.8. The summed E-state index contributed by atoms with van der Waals surface area (Å²) >= 11 is 0. The Morgan fingerprint density at radius 1 is 0.854 bits per heavy atom. The van der Waals surface area contributed by atoms with Gasteiger partial charge < -0.3 is 9.30 Å². The number of ether oxygens (including phenoxy) is 1. The highest BCUT2D eigenvalue weighted by Crippen LogP contribution is 2.35. The number of benzene rings is 4. The Morgan fingerprint density at radius 3 is 2.04 bits per heavy atom. The molecule has 248 valence electrons. The number of nitrogens with zero attached hydrogens (tertiary/aromatic N) is 1. The number of carbonyl (C=O) groups is 2. The predicted molar refractivity (Wildman–Crippen MR) is 176 cm³/mol. The number of fused-ring (bicyclic) bond motifs is 1. The number of hydrogen-bond acceptors (Lipinski definition) is 5. The van der Waals surface area contributed by atoms with Crippen LogP contribution in [0.15, 0.2) is 109 Å². The second-order valence-electron chi connectivity index (χ2n) is 11.7. The van der Waals surface area contributed by atoms with Gasteiger partial charge in [-0.2, -0.15) is 21.6 Å². The molecular weight excluding hydrogens is 643 g/mol. The summed E-state index contributed by atoms with van der Waals surface area (Å²) in [6, 6.07) is 31.2. The molecule has 0 unspecified atom stereocenters. The van der Waals surface area contributed by atoms with Crippen molar-refractivity contribution in [2.45, 2.75) is 49.8 Å². The second-order valence-corrected chi connectivity index (χ2v) is 13.4. The minimum absolute atomic E-state index is 0.0958. The minimum Gasteiger partial charge on any atom is -0.446 e. The van der Waals surface area contributed by atoms with E-state index in [2.05, 4.69) is 34.1 Å². The quantitative estimate of drug-likeness (QED) is 0.165. The van der Waals surface area contributed by atoms with Crippen molar-refractivity contribution in [1.82, 2.24) is 9.29 Å². The third-order valence-corrected chi connectivity index (χ3v) is 9.45. The molecule has 4 aromatic carbocycles. The fraction of sp³-hybridized carbons (Fsp3) is 0.222. The van der Waals surface area contributed by atoms with Crippen LogP contribution in [-0.4, -0.2) is 36.6 Å². The third-order valence-electron chi connectivity index (χ3n) is 8.39. The molecule has 1 fully saturated rings. The maximum absolute atomic E-state index is 12.8. The van der Waals surface area contributed by atoms with E-state index in [1.165, 1.54) is 12.1 Å². The van der Waals surface area contributed by atoms with Gasteiger partial charge in [-0.05, 0) is 84.7 Å². The minimum atomic E-state index is -5.84. The van der Waals surface area contributed by atoms with Gasteiger partial charge in [0.15, 0.2) is 0 Å². The summed E-state index contributed by atoms with van der Waals surface area (Å²) in [5.41, 5.74) is -0.698. The number of carbonyl (C=O) groups excluding carboxylic acids is 2. The largest absolute Gasteiger partial charge is 0.516 e. The van der Waals surface area contributed by atoms with Gasteiger partial charge in [0, 0.05) is 28.4 Å². The molecule has 1 saturated carbocycles. The Balaban J connectivity index is 1.36. The van der Waals surface area contributed by atoms with Gasteiger partial charge in [0.05, 0.1) is 6.04 Å². The zero-order valence-electron chi connectivity index (χ0n) is 25.6. The highest BCUT2D eigenvalue weighted by molar-refractivity contribution is 7.90. The van der Waals surface area contributed by atoms with Crippen molar-refractivity contribution in [3.8, 4) is 0 Å². The predicted octanol–water partition coefficient (Wildman–Crippen LogP) is 7.94. The lowest BCUT2D eigenvalue weighted by atomic mass is 9.98. The van der Waals surface area contributed by atoms with Gasteiger partial charge in [0.1, 0.15) is 6.10 Å². The lowest BCUT2D eigenvalue weighted by molar-refractivity contribution is -0.0446. The first-order valence-corrected chi connectivity index (χ1v) is 16.9. The first kappa shape index (κ1) is 32.8. The zero-order chi connectivity index (χ0) is 33.9. The number of halogens is 3. The Bertz CT molecular complexity index is 1990. The number of alkyl halides is 3. The molecule has 0 radical (unpaired) electrons. The molecule has 0 spiro atoms. The van der Waals surface area contributed by atoms with Gasteiger partial charge in [0.2, 0.25) is 0 Å². The van der Waals surface area contributed by atoms with Gasteiger partial charge in [-0.3, -0.25) is 10.1 Å². The maximum Gasteiger partial charge on any atom is 0.516 e. The molecular formula is C36H32F3N3O5S. The van der Waals surface area contributed by atoms with Gasteiger partial charge in [-0.15, -0.1) is 0 Å². The van der Waals surface area contributed by atoms with Crippen molar-refractivity contribution < 1.29 is 35.9 Å². The normalized spacial score (nSPS) is 13.9. The van der Waals surface area contributed by atoms with Crippen molar-refractivity contribution in [3.63, 3.8) is 0 Å². The van der Waals surface area contributed by atoms with Crippen LogP contribution in [0.4, 0.5) is 23.7 Å². The monoisotopic (exact) mass is 675 g/mol. The van der Waals surface area contributed by atoms with E-state index in [1.54, 1.807) is 12.1 Å². The summed E-state index contributed by atoms with van der Waals surface area (Å²) in [5.74, 6) is -1.38. The molecule has 1 aliphatic rings. The van der Waals surface area contributed by atoms with Crippen LogP contribution < -0.4 is 10.0 Å². The molecule has 5 aromatic rings. The fourth-order valence-corrected chi connectivity index (χ4v) is 6.56. The van der Waals surface area contributed by atoms with Crippen LogP contribution in [0.3, 0.4) is 0 Å². The number of rotatable bonds is 9. The third kappa shape index (κ3) is 7.23. The van der Waals surface area contributed by atoms with E-state index in [-0.39, 0.29) is 17.7 Å². The number of hydrogen-bond donors (Lipinski definition) is 2. The van der Waals surface area contributed by atoms with Crippen molar-refractivity contribution in [1.29, 1.82) is 0 Å². The van der Waals surface area contributed by atoms with Crippen molar-refractivity contribution >= 4 is 38.6 Å². The van der Waals surface area contributed by atoms with Crippen LogP contribution in [0.5, 0.6) is 0 Å². The lowest BCUT2D eigenvalue weighted by Gasteiger charge is -2.21. The fourth-order valence-electron chi connectivity index (χ4n) is 6.08. The van der Waals surface area contributed by atoms with Crippen LogP contribution in [0.1, 0.15) is 64.3 Å². The molecule has 12 heteroatoms. The number of amides is 2. The molecule has 0 aliphatic heterocycles. The van der Waals surface area contributed by atoms with Crippen LogP contribution in [0, 0.1) is 0 Å². The molecule has 6 rings (SSSR count). The SMILES string of the molecule is O=C(Nc1ccc2c(c1)c(Cc1ccc(C(=O)NS(=O)(=O)C(F)(F)F)cc1)cn2C(c1ccccc1)c1ccccc1)OC1CCCC1. The van der Waals surface area contributed by atoms with E-state index >= 15 is 0 Å². The first-order valence-electron chi connectivity index (χ1n) is 15.4. The van der Waals surface area contributed by atoms with E-state index in [9.17, 15) is 31.2 Å². The van der Waals surface area contributed by atoms with Gasteiger partial charge >= 0.3 is 21.6 Å². The molecule has 48 heavy (non-hydrogen) atoms. The van der Waals surface area contributed by atoms with Crippen molar-refractivity contribution in [2.75, 3.05) is 5.32 Å². The Labute approximate surface area is 275 Å². The van der Waals surface area contributed by atoms with Gasteiger partial charge in [-0.1, -0.05) is 72.8 Å². The van der Waals surface area contributed by atoms with Crippen LogP contribution in [-0.2, 0) is 21.2 Å². The van der Waals surface area contributed by atoms with E-state index < -0.39 is 27.5 Å². The molecule has 2 N–H and O–H groups in total. The molecule has 2 amide bonds. The summed E-state index contributed by atoms with van der Waals surface area (Å²) in [7, 11) is -5.84. The smallest absolute Gasteiger partial charge is 0.446 e. The summed E-state index contributed by atoms with van der Waals surface area (Å²) in [5, 5.41) is 3.71. The highest BCUT2D eigenvalue weighted by atomic mass is 32.2. The first-order chi connectivity index (χ1) is 23.0. The Kier molecular flexibility index (Phi) is 9.27. The average Bonchev–Trinajstić information content (AvgIpc) is 3.69. The Hall–Kier alpha value is -5.10. The summed E-state index contributed by atoms with van der Waals surface area (Å²) in [6.45, 7) is 0. The van der Waals surface area contributed by atoms with Crippen molar-refractivity contribution in [2.24, 2.45) is 0 Å². The molecule has 1 heterocycles. The lowest BCUT2D eigenvalue weighted by Crippen LogP contribution is -2.40.